The Bertz CT molecular complexity index is 873. The number of aromatic amines is 1. The Kier molecular flexibility index (Phi) is 2.80. The van der Waals surface area contributed by atoms with E-state index in [0.717, 1.165) is 11.0 Å². The van der Waals surface area contributed by atoms with Gasteiger partial charge in [-0.05, 0) is 0 Å². The lowest BCUT2D eigenvalue weighted by molar-refractivity contribution is -0.141. The maximum Gasteiger partial charge on any atom is 0.436 e. The highest BCUT2D eigenvalue weighted by Crippen LogP contribution is 2.35. The molecule has 11 heteroatoms. The van der Waals surface area contributed by atoms with Gasteiger partial charge in [0.05, 0.1) is 6.33 Å². The van der Waals surface area contributed by atoms with Gasteiger partial charge in [-0.15, -0.1) is 0 Å². The summed E-state index contributed by atoms with van der Waals surface area (Å²) in [4.78, 5) is 14.2. The summed E-state index contributed by atoms with van der Waals surface area (Å²) in [7, 11) is 0. The molecular weight excluding hydrogens is 311 g/mol. The Hall–Kier alpha value is -2.67. The molecule has 0 saturated heterocycles. The molecule has 3 rings (SSSR count). The van der Waals surface area contributed by atoms with Gasteiger partial charge in [0.15, 0.2) is 22.3 Å². The maximum atomic E-state index is 12.9. The standard InChI is InChI=1S/C10H3ClF3N7/c11-7-4(1-15)6(10(12,13)14)20-21(7)9-5-8(17-2-16-5)18-3-19-9/h2-3H,(H,16,17,18,19). The predicted octanol–water partition coefficient (Wildman–Crippen LogP) is 2.08. The Morgan fingerprint density at radius 1 is 1.29 bits per heavy atom. The number of nitriles is 1. The zero-order valence-electron chi connectivity index (χ0n) is 9.85. The fourth-order valence-electron chi connectivity index (χ4n) is 1.75. The molecule has 0 aliphatic heterocycles. The van der Waals surface area contributed by atoms with Gasteiger partial charge >= 0.3 is 6.18 Å². The van der Waals surface area contributed by atoms with Gasteiger partial charge in [0.25, 0.3) is 0 Å². The summed E-state index contributed by atoms with van der Waals surface area (Å²) in [5.74, 6) is -0.0329. The van der Waals surface area contributed by atoms with Gasteiger partial charge in [0.2, 0.25) is 0 Å². The lowest BCUT2D eigenvalue weighted by atomic mass is 10.2. The number of nitrogens with zero attached hydrogens (tertiary/aromatic N) is 6. The molecule has 0 unspecified atom stereocenters. The third-order valence-corrected chi connectivity index (χ3v) is 2.96. The topological polar surface area (TPSA) is 96.1 Å². The van der Waals surface area contributed by atoms with Gasteiger partial charge in [-0.2, -0.15) is 28.2 Å². The highest BCUT2D eigenvalue weighted by molar-refractivity contribution is 6.31. The Labute approximate surface area is 119 Å². The minimum Gasteiger partial charge on any atom is -0.340 e. The summed E-state index contributed by atoms with van der Waals surface area (Å²) >= 11 is 5.82. The van der Waals surface area contributed by atoms with E-state index in [-0.39, 0.29) is 17.0 Å². The first-order chi connectivity index (χ1) is 9.93. The third-order valence-electron chi connectivity index (χ3n) is 2.61. The average Bonchev–Trinajstić information content (AvgIpc) is 3.01. The second-order valence-electron chi connectivity index (χ2n) is 3.83. The second-order valence-corrected chi connectivity index (χ2v) is 4.19. The van der Waals surface area contributed by atoms with Crippen LogP contribution in [-0.4, -0.2) is 29.7 Å². The van der Waals surface area contributed by atoms with Crippen molar-refractivity contribution < 1.29 is 13.2 Å². The van der Waals surface area contributed by atoms with Crippen molar-refractivity contribution in [3.8, 4) is 11.9 Å². The smallest absolute Gasteiger partial charge is 0.340 e. The van der Waals surface area contributed by atoms with Gasteiger partial charge in [-0.25, -0.2) is 15.0 Å². The Balaban J connectivity index is 2.32. The zero-order chi connectivity index (χ0) is 15.2. The molecule has 0 fully saturated rings. The van der Waals surface area contributed by atoms with Gasteiger partial charge in [-0.3, -0.25) is 0 Å². The number of fused-ring (bicyclic) bond motifs is 1. The zero-order valence-corrected chi connectivity index (χ0v) is 10.6. The molecule has 7 nitrogen and oxygen atoms in total. The number of hydrogen-bond donors (Lipinski definition) is 1. The summed E-state index contributed by atoms with van der Waals surface area (Å²) in [6, 6.07) is 1.40. The molecular formula is C10H3ClF3N7. The number of nitrogens with one attached hydrogen (secondary N) is 1. The molecule has 0 amide bonds. The van der Waals surface area contributed by atoms with Crippen LogP contribution in [0.15, 0.2) is 12.7 Å². The minimum atomic E-state index is -4.81. The average molecular weight is 314 g/mol. The van der Waals surface area contributed by atoms with E-state index in [1.165, 1.54) is 12.4 Å². The van der Waals surface area contributed by atoms with Crippen LogP contribution in [-0.2, 0) is 6.18 Å². The van der Waals surface area contributed by atoms with Crippen molar-refractivity contribution in [3.05, 3.63) is 29.1 Å². The molecule has 3 heterocycles. The van der Waals surface area contributed by atoms with Crippen LogP contribution in [0.5, 0.6) is 0 Å². The highest BCUT2D eigenvalue weighted by Gasteiger charge is 2.40. The van der Waals surface area contributed by atoms with Crippen LogP contribution in [0.2, 0.25) is 5.15 Å². The number of H-pyrrole nitrogens is 1. The molecule has 3 aromatic rings. The van der Waals surface area contributed by atoms with Crippen LogP contribution in [0.1, 0.15) is 11.3 Å². The van der Waals surface area contributed by atoms with E-state index in [4.69, 9.17) is 16.9 Å². The van der Waals surface area contributed by atoms with E-state index >= 15 is 0 Å². The van der Waals surface area contributed by atoms with Crippen LogP contribution >= 0.6 is 11.6 Å². The van der Waals surface area contributed by atoms with E-state index in [0.29, 0.717) is 0 Å². The molecule has 0 radical (unpaired) electrons. The van der Waals surface area contributed by atoms with Crippen LogP contribution < -0.4 is 0 Å². The summed E-state index contributed by atoms with van der Waals surface area (Å²) in [5.41, 5.74) is -1.66. The summed E-state index contributed by atoms with van der Waals surface area (Å²) in [6.45, 7) is 0. The monoisotopic (exact) mass is 313 g/mol. The number of alkyl halides is 3. The first-order valence-corrected chi connectivity index (χ1v) is 5.71. The first-order valence-electron chi connectivity index (χ1n) is 5.33. The molecule has 21 heavy (non-hydrogen) atoms. The normalized spacial score (nSPS) is 11.8. The Morgan fingerprint density at radius 3 is 2.67 bits per heavy atom. The predicted molar refractivity (Wildman–Crippen MR) is 63.5 cm³/mol. The molecule has 1 N–H and O–H groups in total. The minimum absolute atomic E-state index is 0.0329. The first kappa shape index (κ1) is 13.3. The van der Waals surface area contributed by atoms with E-state index in [9.17, 15) is 13.2 Å². The SMILES string of the molecule is N#Cc1c(C(F)(F)F)nn(-c2ncnc3nc[nH]c23)c1Cl. The van der Waals surface area contributed by atoms with Crippen LogP contribution in [0, 0.1) is 11.3 Å². The lowest BCUT2D eigenvalue weighted by Crippen LogP contribution is -2.09. The van der Waals surface area contributed by atoms with E-state index in [1.807, 2.05) is 0 Å². The number of hydrogen-bond acceptors (Lipinski definition) is 5. The van der Waals surface area contributed by atoms with Crippen LogP contribution in [0.4, 0.5) is 13.2 Å². The molecule has 0 saturated carbocycles. The van der Waals surface area contributed by atoms with Crippen molar-refractivity contribution in [2.24, 2.45) is 0 Å². The molecule has 0 spiro atoms. The van der Waals surface area contributed by atoms with Crippen LogP contribution in [0.3, 0.4) is 0 Å². The number of aromatic nitrogens is 6. The van der Waals surface area contributed by atoms with Crippen molar-refractivity contribution in [3.63, 3.8) is 0 Å². The Morgan fingerprint density at radius 2 is 2.05 bits per heavy atom. The van der Waals surface area contributed by atoms with Gasteiger partial charge < -0.3 is 4.98 Å². The molecule has 3 aromatic heterocycles. The van der Waals surface area contributed by atoms with Crippen molar-refractivity contribution in [1.82, 2.24) is 29.7 Å². The quantitative estimate of drug-likeness (QED) is 0.742. The van der Waals surface area contributed by atoms with Gasteiger partial charge in [-0.1, -0.05) is 11.6 Å². The van der Waals surface area contributed by atoms with Crippen molar-refractivity contribution >= 4 is 22.8 Å². The molecule has 0 aliphatic carbocycles. The number of rotatable bonds is 1. The van der Waals surface area contributed by atoms with Crippen molar-refractivity contribution in [2.75, 3.05) is 0 Å². The van der Waals surface area contributed by atoms with Crippen molar-refractivity contribution in [2.45, 2.75) is 6.18 Å². The molecule has 0 atom stereocenters. The molecule has 0 aromatic carbocycles. The van der Waals surface area contributed by atoms with E-state index in [1.54, 1.807) is 0 Å². The largest absolute Gasteiger partial charge is 0.436 e. The summed E-state index contributed by atoms with van der Waals surface area (Å²) in [5, 5.41) is 11.7. The van der Waals surface area contributed by atoms with E-state index < -0.39 is 22.6 Å². The summed E-state index contributed by atoms with van der Waals surface area (Å²) in [6.07, 6.45) is -2.40. The second kappa shape index (κ2) is 4.42. The summed E-state index contributed by atoms with van der Waals surface area (Å²) < 4.78 is 39.3. The fourth-order valence-corrected chi connectivity index (χ4v) is 2.00. The highest BCUT2D eigenvalue weighted by atomic mass is 35.5. The van der Waals surface area contributed by atoms with Crippen molar-refractivity contribution in [1.29, 1.82) is 5.26 Å². The molecule has 106 valence electrons. The lowest BCUT2D eigenvalue weighted by Gasteiger charge is -2.03. The van der Waals surface area contributed by atoms with E-state index in [2.05, 4.69) is 25.0 Å². The fraction of sp³-hybridized carbons (Fsp3) is 0.100. The molecule has 0 aliphatic rings. The maximum absolute atomic E-state index is 12.9. The van der Waals surface area contributed by atoms with Gasteiger partial charge in [0, 0.05) is 0 Å². The number of imidazole rings is 1. The number of halogens is 4. The molecule has 0 bridgehead atoms. The third kappa shape index (κ3) is 1.98. The van der Waals surface area contributed by atoms with Gasteiger partial charge in [0.1, 0.15) is 23.5 Å². The van der Waals surface area contributed by atoms with Crippen LogP contribution in [0.25, 0.3) is 17.0 Å².